The Balaban J connectivity index is 1.57. The second-order valence-electron chi connectivity index (χ2n) is 5.22. The van der Waals surface area contributed by atoms with E-state index < -0.39 is 0 Å². The van der Waals surface area contributed by atoms with E-state index in [9.17, 15) is 0 Å². The number of rotatable bonds is 4. The van der Waals surface area contributed by atoms with E-state index in [-0.39, 0.29) is 6.10 Å². The minimum atomic E-state index is 0.265. The Kier molecular flexibility index (Phi) is 3.93. The molecule has 0 unspecified atom stereocenters. The third-order valence-corrected chi connectivity index (χ3v) is 3.94. The first kappa shape index (κ1) is 12.2. The Labute approximate surface area is 108 Å². The van der Waals surface area contributed by atoms with E-state index in [4.69, 9.17) is 9.47 Å². The van der Waals surface area contributed by atoms with Crippen LogP contribution in [0.2, 0.25) is 0 Å². The minimum Gasteiger partial charge on any atom is -0.380 e. The van der Waals surface area contributed by atoms with Gasteiger partial charge in [0.05, 0.1) is 12.7 Å². The average molecular weight is 247 g/mol. The highest BCUT2D eigenvalue weighted by Crippen LogP contribution is 2.34. The van der Waals surface area contributed by atoms with Gasteiger partial charge in [0.15, 0.2) is 0 Å². The van der Waals surface area contributed by atoms with E-state index >= 15 is 0 Å². The van der Waals surface area contributed by atoms with Gasteiger partial charge in [-0.3, -0.25) is 0 Å². The molecule has 2 saturated heterocycles. The second-order valence-corrected chi connectivity index (χ2v) is 5.22. The van der Waals surface area contributed by atoms with Crippen LogP contribution < -0.4 is 5.32 Å². The second kappa shape index (κ2) is 5.83. The standard InChI is InChI=1S/C15H21NO2/c1-2-4-12(5-3-1)15-13(6-9-18-15)10-16-14-7-8-17-11-14/h1-5,13-16H,6-11H2/t13-,14-,15-/m1/s1. The van der Waals surface area contributed by atoms with Gasteiger partial charge in [-0.1, -0.05) is 30.3 Å². The summed E-state index contributed by atoms with van der Waals surface area (Å²) in [6.45, 7) is 3.69. The fourth-order valence-electron chi connectivity index (χ4n) is 2.87. The quantitative estimate of drug-likeness (QED) is 0.884. The lowest BCUT2D eigenvalue weighted by Gasteiger charge is -2.21. The Morgan fingerprint density at radius 1 is 1.11 bits per heavy atom. The van der Waals surface area contributed by atoms with Crippen molar-refractivity contribution in [3.63, 3.8) is 0 Å². The van der Waals surface area contributed by atoms with Crippen LogP contribution in [0.3, 0.4) is 0 Å². The van der Waals surface area contributed by atoms with Crippen molar-refractivity contribution >= 4 is 0 Å². The van der Waals surface area contributed by atoms with Crippen LogP contribution in [-0.2, 0) is 9.47 Å². The van der Waals surface area contributed by atoms with Crippen molar-refractivity contribution in [2.45, 2.75) is 25.0 Å². The molecule has 3 atom stereocenters. The van der Waals surface area contributed by atoms with Crippen molar-refractivity contribution < 1.29 is 9.47 Å². The topological polar surface area (TPSA) is 30.5 Å². The number of hydrogen-bond donors (Lipinski definition) is 1. The summed E-state index contributed by atoms with van der Waals surface area (Å²) in [4.78, 5) is 0. The van der Waals surface area contributed by atoms with Gasteiger partial charge < -0.3 is 14.8 Å². The van der Waals surface area contributed by atoms with Crippen LogP contribution in [0.5, 0.6) is 0 Å². The van der Waals surface area contributed by atoms with Crippen LogP contribution in [0.4, 0.5) is 0 Å². The van der Waals surface area contributed by atoms with E-state index in [2.05, 4.69) is 35.6 Å². The summed E-state index contributed by atoms with van der Waals surface area (Å²) in [5.74, 6) is 0.591. The molecule has 0 radical (unpaired) electrons. The monoisotopic (exact) mass is 247 g/mol. The first-order valence-corrected chi connectivity index (χ1v) is 6.91. The molecule has 0 saturated carbocycles. The molecule has 0 bridgehead atoms. The molecule has 2 aliphatic heterocycles. The van der Waals surface area contributed by atoms with Crippen LogP contribution in [0.1, 0.15) is 24.5 Å². The number of benzene rings is 1. The van der Waals surface area contributed by atoms with Crippen molar-refractivity contribution in [2.24, 2.45) is 5.92 Å². The normalized spacial score (nSPS) is 31.9. The molecular formula is C15H21NO2. The fourth-order valence-corrected chi connectivity index (χ4v) is 2.87. The summed E-state index contributed by atoms with van der Waals surface area (Å²) in [6.07, 6.45) is 2.56. The zero-order chi connectivity index (χ0) is 12.2. The summed E-state index contributed by atoms with van der Waals surface area (Å²) in [5.41, 5.74) is 1.31. The molecule has 0 aromatic heterocycles. The zero-order valence-corrected chi connectivity index (χ0v) is 10.7. The number of ether oxygens (including phenoxy) is 2. The van der Waals surface area contributed by atoms with Crippen LogP contribution in [0, 0.1) is 5.92 Å². The van der Waals surface area contributed by atoms with Crippen LogP contribution in [0.25, 0.3) is 0 Å². The highest BCUT2D eigenvalue weighted by atomic mass is 16.5. The predicted molar refractivity (Wildman–Crippen MR) is 70.5 cm³/mol. The molecule has 3 rings (SSSR count). The molecule has 3 heteroatoms. The molecule has 1 aromatic carbocycles. The van der Waals surface area contributed by atoms with Gasteiger partial charge in [0.25, 0.3) is 0 Å². The Hall–Kier alpha value is -0.900. The Morgan fingerprint density at radius 3 is 2.78 bits per heavy atom. The molecule has 0 spiro atoms. The smallest absolute Gasteiger partial charge is 0.0866 e. The van der Waals surface area contributed by atoms with Gasteiger partial charge in [-0.2, -0.15) is 0 Å². The average Bonchev–Trinajstić information content (AvgIpc) is 3.09. The summed E-state index contributed by atoms with van der Waals surface area (Å²) >= 11 is 0. The van der Waals surface area contributed by atoms with E-state index in [1.807, 2.05) is 0 Å². The lowest BCUT2D eigenvalue weighted by molar-refractivity contribution is 0.0895. The Morgan fingerprint density at radius 2 is 2.00 bits per heavy atom. The third-order valence-electron chi connectivity index (χ3n) is 3.94. The van der Waals surface area contributed by atoms with E-state index in [0.29, 0.717) is 12.0 Å². The molecule has 0 amide bonds. The molecule has 2 heterocycles. The molecule has 1 aromatic rings. The highest BCUT2D eigenvalue weighted by molar-refractivity contribution is 5.19. The van der Waals surface area contributed by atoms with Gasteiger partial charge in [-0.25, -0.2) is 0 Å². The maximum Gasteiger partial charge on any atom is 0.0866 e. The van der Waals surface area contributed by atoms with Gasteiger partial charge in [0.2, 0.25) is 0 Å². The van der Waals surface area contributed by atoms with E-state index in [1.54, 1.807) is 0 Å². The first-order valence-electron chi connectivity index (χ1n) is 6.91. The maximum absolute atomic E-state index is 5.90. The lowest BCUT2D eigenvalue weighted by atomic mass is 9.95. The first-order chi connectivity index (χ1) is 8.93. The molecule has 2 fully saturated rings. The summed E-state index contributed by atoms with van der Waals surface area (Å²) < 4.78 is 11.3. The molecular weight excluding hydrogens is 226 g/mol. The van der Waals surface area contributed by atoms with E-state index in [0.717, 1.165) is 39.2 Å². The van der Waals surface area contributed by atoms with E-state index in [1.165, 1.54) is 5.56 Å². The third kappa shape index (κ3) is 2.74. The SMILES string of the molecule is c1ccc([C@H]2OCC[C@@H]2CN[C@@H]2CCOC2)cc1. The maximum atomic E-state index is 5.90. The largest absolute Gasteiger partial charge is 0.380 e. The van der Waals surface area contributed by atoms with Crippen molar-refractivity contribution in [1.82, 2.24) is 5.32 Å². The summed E-state index contributed by atoms with van der Waals surface area (Å²) in [5, 5.41) is 3.62. The number of nitrogens with one attached hydrogen (secondary N) is 1. The van der Waals surface area contributed by atoms with Gasteiger partial charge in [-0.05, 0) is 18.4 Å². The molecule has 3 nitrogen and oxygen atoms in total. The summed E-state index contributed by atoms with van der Waals surface area (Å²) in [7, 11) is 0. The van der Waals surface area contributed by atoms with Crippen LogP contribution in [-0.4, -0.2) is 32.4 Å². The van der Waals surface area contributed by atoms with Gasteiger partial charge in [0, 0.05) is 31.7 Å². The van der Waals surface area contributed by atoms with Gasteiger partial charge in [0.1, 0.15) is 0 Å². The van der Waals surface area contributed by atoms with Gasteiger partial charge >= 0.3 is 0 Å². The predicted octanol–water partition coefficient (Wildman–Crippen LogP) is 2.14. The zero-order valence-electron chi connectivity index (χ0n) is 10.7. The van der Waals surface area contributed by atoms with Crippen molar-refractivity contribution in [3.05, 3.63) is 35.9 Å². The van der Waals surface area contributed by atoms with Crippen molar-refractivity contribution in [1.29, 1.82) is 0 Å². The molecule has 2 aliphatic rings. The molecule has 98 valence electrons. The van der Waals surface area contributed by atoms with Crippen LogP contribution >= 0.6 is 0 Å². The summed E-state index contributed by atoms with van der Waals surface area (Å²) in [6, 6.07) is 11.1. The minimum absolute atomic E-state index is 0.265. The fraction of sp³-hybridized carbons (Fsp3) is 0.600. The molecule has 18 heavy (non-hydrogen) atoms. The van der Waals surface area contributed by atoms with Gasteiger partial charge in [-0.15, -0.1) is 0 Å². The highest BCUT2D eigenvalue weighted by Gasteiger charge is 2.30. The number of hydrogen-bond acceptors (Lipinski definition) is 3. The van der Waals surface area contributed by atoms with Crippen molar-refractivity contribution in [3.8, 4) is 0 Å². The molecule has 1 N–H and O–H groups in total. The molecule has 0 aliphatic carbocycles. The van der Waals surface area contributed by atoms with Crippen LogP contribution in [0.15, 0.2) is 30.3 Å². The lowest BCUT2D eigenvalue weighted by Crippen LogP contribution is -2.34. The Bertz CT molecular complexity index is 362. The van der Waals surface area contributed by atoms with Crippen molar-refractivity contribution in [2.75, 3.05) is 26.4 Å².